The van der Waals surface area contributed by atoms with Gasteiger partial charge in [-0.25, -0.2) is 9.97 Å². The molecule has 0 saturated carbocycles. The van der Waals surface area contributed by atoms with Crippen LogP contribution in [0.1, 0.15) is 27.3 Å². The van der Waals surface area contributed by atoms with Gasteiger partial charge in [-0.3, -0.25) is 4.79 Å². The van der Waals surface area contributed by atoms with E-state index < -0.39 is 0 Å². The lowest BCUT2D eigenvalue weighted by molar-refractivity contribution is 0.0751. The maximum absolute atomic E-state index is 13.5. The smallest absolute Gasteiger partial charge is 0.254 e. The molecule has 6 nitrogen and oxygen atoms in total. The van der Waals surface area contributed by atoms with E-state index >= 15 is 0 Å². The van der Waals surface area contributed by atoms with Gasteiger partial charge in [0.2, 0.25) is 0 Å². The van der Waals surface area contributed by atoms with Crippen molar-refractivity contribution in [3.8, 4) is 11.1 Å². The number of hydrogen-bond acceptors (Lipinski definition) is 4. The van der Waals surface area contributed by atoms with Crippen LogP contribution in [-0.2, 0) is 13.1 Å². The number of fused-ring (bicyclic) bond motifs is 1. The third-order valence-corrected chi connectivity index (χ3v) is 6.09. The number of H-pyrrole nitrogens is 1. The van der Waals surface area contributed by atoms with Gasteiger partial charge in [-0.15, -0.1) is 0 Å². The van der Waals surface area contributed by atoms with E-state index in [1.807, 2.05) is 36.2 Å². The number of aryl methyl sites for hydroxylation is 1. The van der Waals surface area contributed by atoms with Crippen LogP contribution in [0.2, 0.25) is 5.15 Å². The summed E-state index contributed by atoms with van der Waals surface area (Å²) in [6, 6.07) is 20.2. The number of aromatic amines is 1. The number of aromatic nitrogens is 3. The molecule has 1 aliphatic heterocycles. The number of benzene rings is 2. The maximum Gasteiger partial charge on any atom is 0.254 e. The van der Waals surface area contributed by atoms with Crippen molar-refractivity contribution in [3.63, 3.8) is 0 Å². The van der Waals surface area contributed by atoms with Gasteiger partial charge >= 0.3 is 0 Å². The van der Waals surface area contributed by atoms with Crippen LogP contribution in [0.4, 0.5) is 5.69 Å². The Bertz CT molecular complexity index is 1250. The Morgan fingerprint density at radius 3 is 2.67 bits per heavy atom. The monoisotopic (exact) mass is 457 g/mol. The van der Waals surface area contributed by atoms with Gasteiger partial charge in [0.15, 0.2) is 0 Å². The van der Waals surface area contributed by atoms with Crippen LogP contribution in [0, 0.1) is 6.92 Å². The summed E-state index contributed by atoms with van der Waals surface area (Å²) in [6.45, 7) is 4.37. The first-order valence-electron chi connectivity index (χ1n) is 10.9. The maximum atomic E-state index is 13.5. The van der Waals surface area contributed by atoms with E-state index in [0.29, 0.717) is 36.9 Å². The standard InChI is InChI=1S/C26H24ClN5O/c1-18-11-21(13-25(27)30-18)26(33)32-10-9-31(16-23-14-28-17-29-23)24-8-7-20(12-22(24)15-32)19-5-3-2-4-6-19/h2-8,11-14,17H,9-10,15-16H2,1H3,(H,28,29). The number of nitrogens with zero attached hydrogens (tertiary/aromatic N) is 4. The van der Waals surface area contributed by atoms with Crippen LogP contribution in [0.15, 0.2) is 73.2 Å². The van der Waals surface area contributed by atoms with Crippen molar-refractivity contribution in [3.05, 3.63) is 101 Å². The zero-order valence-electron chi connectivity index (χ0n) is 18.3. The minimum atomic E-state index is -0.0399. The number of amides is 1. The Morgan fingerprint density at radius 2 is 1.91 bits per heavy atom. The topological polar surface area (TPSA) is 65.1 Å². The summed E-state index contributed by atoms with van der Waals surface area (Å²) in [4.78, 5) is 29.2. The molecule has 1 N–H and O–H groups in total. The zero-order chi connectivity index (χ0) is 22.8. The van der Waals surface area contributed by atoms with Crippen molar-refractivity contribution < 1.29 is 4.79 Å². The highest BCUT2D eigenvalue weighted by atomic mass is 35.5. The van der Waals surface area contributed by atoms with Gasteiger partial charge < -0.3 is 14.8 Å². The Balaban J connectivity index is 1.52. The van der Waals surface area contributed by atoms with E-state index in [2.05, 4.69) is 50.2 Å². The first-order valence-corrected chi connectivity index (χ1v) is 11.3. The summed E-state index contributed by atoms with van der Waals surface area (Å²) < 4.78 is 0. The molecule has 0 bridgehead atoms. The van der Waals surface area contributed by atoms with Crippen molar-refractivity contribution in [2.24, 2.45) is 0 Å². The summed E-state index contributed by atoms with van der Waals surface area (Å²) >= 11 is 6.14. The summed E-state index contributed by atoms with van der Waals surface area (Å²) in [5.41, 5.74) is 6.85. The molecule has 0 spiro atoms. The van der Waals surface area contributed by atoms with Crippen molar-refractivity contribution in [2.75, 3.05) is 18.0 Å². The first-order chi connectivity index (χ1) is 16.1. The van der Waals surface area contributed by atoms with Crippen molar-refractivity contribution in [2.45, 2.75) is 20.0 Å². The Morgan fingerprint density at radius 1 is 1.06 bits per heavy atom. The number of carbonyl (C=O) groups excluding carboxylic acids is 1. The highest BCUT2D eigenvalue weighted by Gasteiger charge is 2.25. The number of anilines is 1. The van der Waals surface area contributed by atoms with E-state index in [0.717, 1.165) is 33.8 Å². The van der Waals surface area contributed by atoms with Crippen LogP contribution in [-0.4, -0.2) is 38.8 Å². The Kier molecular flexibility index (Phi) is 5.84. The molecule has 33 heavy (non-hydrogen) atoms. The van der Waals surface area contributed by atoms with Crippen LogP contribution in [0.25, 0.3) is 11.1 Å². The summed E-state index contributed by atoms with van der Waals surface area (Å²) in [7, 11) is 0. The summed E-state index contributed by atoms with van der Waals surface area (Å²) in [5, 5.41) is 0.334. The third-order valence-electron chi connectivity index (χ3n) is 5.90. The molecule has 166 valence electrons. The highest BCUT2D eigenvalue weighted by Crippen LogP contribution is 2.32. The van der Waals surface area contributed by atoms with Crippen molar-refractivity contribution in [1.29, 1.82) is 0 Å². The summed E-state index contributed by atoms with van der Waals surface area (Å²) in [6.07, 6.45) is 3.53. The number of hydrogen-bond donors (Lipinski definition) is 1. The number of imidazole rings is 1. The normalized spacial score (nSPS) is 13.5. The molecule has 0 radical (unpaired) electrons. The quantitative estimate of drug-likeness (QED) is 0.433. The lowest BCUT2D eigenvalue weighted by Gasteiger charge is -2.24. The number of pyridine rings is 1. The molecule has 1 aliphatic rings. The molecular weight excluding hydrogens is 434 g/mol. The van der Waals surface area contributed by atoms with Gasteiger partial charge in [-0.05, 0) is 47.9 Å². The van der Waals surface area contributed by atoms with E-state index in [1.54, 1.807) is 18.5 Å². The van der Waals surface area contributed by atoms with E-state index in [4.69, 9.17) is 11.6 Å². The van der Waals surface area contributed by atoms with Crippen LogP contribution in [0.5, 0.6) is 0 Å². The molecule has 0 saturated heterocycles. The molecule has 0 atom stereocenters. The fourth-order valence-corrected chi connectivity index (χ4v) is 4.58. The van der Waals surface area contributed by atoms with Gasteiger partial charge in [-0.1, -0.05) is 48.0 Å². The van der Waals surface area contributed by atoms with Crippen molar-refractivity contribution in [1.82, 2.24) is 19.9 Å². The van der Waals surface area contributed by atoms with Crippen LogP contribution >= 0.6 is 11.6 Å². The fraction of sp³-hybridized carbons (Fsp3) is 0.192. The third kappa shape index (κ3) is 4.61. The first kappa shape index (κ1) is 21.2. The lowest BCUT2D eigenvalue weighted by Crippen LogP contribution is -2.35. The van der Waals surface area contributed by atoms with Crippen molar-refractivity contribution >= 4 is 23.2 Å². The number of rotatable bonds is 4. The molecular formula is C26H24ClN5O. The largest absolute Gasteiger partial charge is 0.364 e. The number of halogens is 1. The average molecular weight is 458 g/mol. The Labute approximate surface area is 197 Å². The minimum absolute atomic E-state index is 0.0399. The lowest BCUT2D eigenvalue weighted by atomic mass is 10.0. The van der Waals surface area contributed by atoms with Crippen LogP contribution < -0.4 is 4.90 Å². The van der Waals surface area contributed by atoms with E-state index in [9.17, 15) is 4.79 Å². The SMILES string of the molecule is Cc1cc(C(=O)N2CCN(Cc3cnc[nH]3)c3ccc(-c4ccccc4)cc3C2)cc(Cl)n1. The number of carbonyl (C=O) groups is 1. The predicted octanol–water partition coefficient (Wildman–Crippen LogP) is 5.10. The van der Waals surface area contributed by atoms with Gasteiger partial charge in [0.25, 0.3) is 5.91 Å². The second-order valence-electron chi connectivity index (χ2n) is 8.25. The molecule has 4 aromatic rings. The van der Waals surface area contributed by atoms with E-state index in [1.165, 1.54) is 0 Å². The van der Waals surface area contributed by atoms with Gasteiger partial charge in [0.05, 0.1) is 18.6 Å². The Hall–Kier alpha value is -3.64. The van der Waals surface area contributed by atoms with Gasteiger partial charge in [0.1, 0.15) is 5.15 Å². The minimum Gasteiger partial charge on any atom is -0.364 e. The zero-order valence-corrected chi connectivity index (χ0v) is 19.1. The molecule has 0 unspecified atom stereocenters. The molecule has 0 aliphatic carbocycles. The van der Waals surface area contributed by atoms with Gasteiger partial charge in [0, 0.05) is 42.8 Å². The average Bonchev–Trinajstić information content (AvgIpc) is 3.26. The second-order valence-corrected chi connectivity index (χ2v) is 8.64. The molecule has 1 amide bonds. The molecule has 2 aromatic heterocycles. The molecule has 3 heterocycles. The van der Waals surface area contributed by atoms with Gasteiger partial charge in [-0.2, -0.15) is 0 Å². The van der Waals surface area contributed by atoms with E-state index in [-0.39, 0.29) is 5.91 Å². The summed E-state index contributed by atoms with van der Waals surface area (Å²) in [5.74, 6) is -0.0399. The molecule has 0 fully saturated rings. The predicted molar refractivity (Wildman–Crippen MR) is 130 cm³/mol. The highest BCUT2D eigenvalue weighted by molar-refractivity contribution is 6.29. The molecule has 5 rings (SSSR count). The molecule has 7 heteroatoms. The number of nitrogens with one attached hydrogen (secondary N) is 1. The molecule has 2 aromatic carbocycles. The van der Waals surface area contributed by atoms with Crippen LogP contribution in [0.3, 0.4) is 0 Å². The second kappa shape index (κ2) is 9.08. The fourth-order valence-electron chi connectivity index (χ4n) is 4.33.